The van der Waals surface area contributed by atoms with Crippen LogP contribution in [0.1, 0.15) is 110 Å². The van der Waals surface area contributed by atoms with E-state index < -0.39 is 11.5 Å². The van der Waals surface area contributed by atoms with Gasteiger partial charge in [-0.15, -0.1) is 0 Å². The summed E-state index contributed by atoms with van der Waals surface area (Å²) in [5.41, 5.74) is -1.19. The molecular weight excluding hydrogens is 342 g/mol. The Balaban J connectivity index is 3.53. The molecule has 4 N–H and O–H groups in total. The van der Waals surface area contributed by atoms with E-state index in [9.17, 15) is 9.90 Å². The maximum atomic E-state index is 11.5. The zero-order valence-electron chi connectivity index (χ0n) is 17.7. The van der Waals surface area contributed by atoms with Crippen LogP contribution in [0.3, 0.4) is 0 Å². The summed E-state index contributed by atoms with van der Waals surface area (Å²) in [4.78, 5) is 11.5. The van der Waals surface area contributed by atoms with Gasteiger partial charge in [-0.25, -0.2) is 0 Å². The zero-order valence-corrected chi connectivity index (χ0v) is 17.7. The lowest BCUT2D eigenvalue weighted by Crippen LogP contribution is -2.53. The molecule has 0 aromatic carbocycles. The second-order valence-corrected chi connectivity index (χ2v) is 7.86. The van der Waals surface area contributed by atoms with Crippen LogP contribution in [0.25, 0.3) is 0 Å². The molecule has 0 bridgehead atoms. The molecule has 27 heavy (non-hydrogen) atoms. The first-order valence-corrected chi connectivity index (χ1v) is 11.3. The Labute approximate surface area is 166 Å². The Morgan fingerprint density at radius 3 is 1.41 bits per heavy atom. The van der Waals surface area contributed by atoms with Gasteiger partial charge in [0.25, 0.3) is 0 Å². The standard InChI is InChI=1S/C22H45NO4/c1-2-3-4-5-6-7-8-9-10-11-12-13-14-15-18-23-22(16-19-24,17-20-25)21(26)27/h23-25H,2-20H2,1H3,(H,26,27). The minimum Gasteiger partial charge on any atom is -0.480 e. The minimum absolute atomic E-state index is 0.126. The van der Waals surface area contributed by atoms with Crippen LogP contribution in [0, 0.1) is 0 Å². The van der Waals surface area contributed by atoms with E-state index in [4.69, 9.17) is 10.2 Å². The molecule has 0 atom stereocenters. The van der Waals surface area contributed by atoms with Crippen molar-refractivity contribution in [1.29, 1.82) is 0 Å². The second kappa shape index (κ2) is 18.7. The molecule has 0 spiro atoms. The maximum absolute atomic E-state index is 11.5. The number of nitrogens with one attached hydrogen (secondary N) is 1. The van der Waals surface area contributed by atoms with Gasteiger partial charge in [-0.1, -0.05) is 90.4 Å². The van der Waals surface area contributed by atoms with Crippen LogP contribution in [-0.2, 0) is 4.79 Å². The van der Waals surface area contributed by atoms with Crippen molar-refractivity contribution in [2.45, 2.75) is 115 Å². The number of aliphatic carboxylic acids is 1. The number of carboxylic acids is 1. The molecule has 0 rings (SSSR count). The van der Waals surface area contributed by atoms with Crippen LogP contribution < -0.4 is 5.32 Å². The molecule has 162 valence electrons. The summed E-state index contributed by atoms with van der Waals surface area (Å²) in [7, 11) is 0. The third-order valence-corrected chi connectivity index (χ3v) is 5.48. The lowest BCUT2D eigenvalue weighted by molar-refractivity contribution is -0.146. The number of carboxylic acid groups (broad SMARTS) is 1. The van der Waals surface area contributed by atoms with Gasteiger partial charge < -0.3 is 20.6 Å². The number of hydrogen-bond donors (Lipinski definition) is 4. The average molecular weight is 388 g/mol. The average Bonchev–Trinajstić information content (AvgIpc) is 2.65. The number of rotatable bonds is 21. The van der Waals surface area contributed by atoms with Crippen molar-refractivity contribution >= 4 is 5.97 Å². The van der Waals surface area contributed by atoms with Crippen molar-refractivity contribution < 1.29 is 20.1 Å². The molecule has 0 heterocycles. The van der Waals surface area contributed by atoms with Gasteiger partial charge >= 0.3 is 5.97 Å². The van der Waals surface area contributed by atoms with E-state index in [1.807, 2.05) is 0 Å². The van der Waals surface area contributed by atoms with Crippen LogP contribution in [-0.4, -0.2) is 46.6 Å². The Kier molecular flexibility index (Phi) is 18.3. The van der Waals surface area contributed by atoms with E-state index in [1.165, 1.54) is 77.0 Å². The molecule has 0 saturated heterocycles. The number of hydrogen-bond acceptors (Lipinski definition) is 4. The normalized spacial score (nSPS) is 11.8. The fraction of sp³-hybridized carbons (Fsp3) is 0.955. The van der Waals surface area contributed by atoms with Crippen molar-refractivity contribution in [3.8, 4) is 0 Å². The molecule has 0 amide bonds. The SMILES string of the molecule is CCCCCCCCCCCCCCCCNC(CCO)(CCO)C(=O)O. The van der Waals surface area contributed by atoms with Crippen molar-refractivity contribution in [1.82, 2.24) is 5.32 Å². The van der Waals surface area contributed by atoms with E-state index in [0.717, 1.165) is 12.8 Å². The molecule has 0 aromatic rings. The highest BCUT2D eigenvalue weighted by Crippen LogP contribution is 2.17. The van der Waals surface area contributed by atoms with E-state index in [0.29, 0.717) is 6.54 Å². The first-order chi connectivity index (χ1) is 13.1. The molecule has 0 unspecified atom stereocenters. The quantitative estimate of drug-likeness (QED) is 0.215. The van der Waals surface area contributed by atoms with Crippen LogP contribution >= 0.6 is 0 Å². The van der Waals surface area contributed by atoms with Crippen molar-refractivity contribution in [2.24, 2.45) is 0 Å². The summed E-state index contributed by atoms with van der Waals surface area (Å²) in [5, 5.41) is 30.7. The smallest absolute Gasteiger partial charge is 0.324 e. The summed E-state index contributed by atoms with van der Waals surface area (Å²) in [6, 6.07) is 0. The van der Waals surface area contributed by atoms with Gasteiger partial charge in [-0.2, -0.15) is 0 Å². The van der Waals surface area contributed by atoms with E-state index in [-0.39, 0.29) is 26.1 Å². The zero-order chi connectivity index (χ0) is 20.2. The van der Waals surface area contributed by atoms with Crippen molar-refractivity contribution in [3.63, 3.8) is 0 Å². The number of carbonyl (C=O) groups is 1. The molecule has 0 radical (unpaired) electrons. The summed E-state index contributed by atoms with van der Waals surface area (Å²) >= 11 is 0. The van der Waals surface area contributed by atoms with Gasteiger partial charge in [0.2, 0.25) is 0 Å². The number of unbranched alkanes of at least 4 members (excludes halogenated alkanes) is 13. The van der Waals surface area contributed by atoms with Gasteiger partial charge in [0.15, 0.2) is 0 Å². The van der Waals surface area contributed by atoms with Crippen LogP contribution in [0.15, 0.2) is 0 Å². The molecule has 0 aliphatic carbocycles. The van der Waals surface area contributed by atoms with E-state index >= 15 is 0 Å². The summed E-state index contributed by atoms with van der Waals surface area (Å²) < 4.78 is 0. The fourth-order valence-electron chi connectivity index (χ4n) is 3.62. The topological polar surface area (TPSA) is 89.8 Å². The van der Waals surface area contributed by atoms with Crippen LogP contribution in [0.5, 0.6) is 0 Å². The first kappa shape index (κ1) is 26.4. The summed E-state index contributed by atoms with van der Waals surface area (Å²) in [5.74, 6) is -0.990. The monoisotopic (exact) mass is 387 g/mol. The highest BCUT2D eigenvalue weighted by molar-refractivity contribution is 5.78. The Hall–Kier alpha value is -0.650. The predicted octanol–water partition coefficient (Wildman–Crippen LogP) is 4.65. The maximum Gasteiger partial charge on any atom is 0.324 e. The van der Waals surface area contributed by atoms with Gasteiger partial charge in [-0.05, 0) is 25.8 Å². The summed E-state index contributed by atoms with van der Waals surface area (Å²) in [6.07, 6.45) is 18.4. The molecular formula is C22H45NO4. The fourth-order valence-corrected chi connectivity index (χ4v) is 3.62. The lowest BCUT2D eigenvalue weighted by Gasteiger charge is -2.29. The molecule has 0 fully saturated rings. The second-order valence-electron chi connectivity index (χ2n) is 7.86. The van der Waals surface area contributed by atoms with E-state index in [1.54, 1.807) is 0 Å². The van der Waals surface area contributed by atoms with Crippen LogP contribution in [0.4, 0.5) is 0 Å². The highest BCUT2D eigenvalue weighted by Gasteiger charge is 2.36. The molecule has 0 saturated carbocycles. The molecule has 0 aliphatic heterocycles. The molecule has 0 aliphatic rings. The number of aliphatic hydroxyl groups excluding tert-OH is 2. The van der Waals surface area contributed by atoms with Crippen molar-refractivity contribution in [3.05, 3.63) is 0 Å². The highest BCUT2D eigenvalue weighted by atomic mass is 16.4. The molecule has 5 heteroatoms. The Morgan fingerprint density at radius 2 is 1.07 bits per heavy atom. The summed E-state index contributed by atoms with van der Waals surface area (Å²) in [6.45, 7) is 2.48. The van der Waals surface area contributed by atoms with Crippen molar-refractivity contribution in [2.75, 3.05) is 19.8 Å². The predicted molar refractivity (Wildman–Crippen MR) is 112 cm³/mol. The molecule has 5 nitrogen and oxygen atoms in total. The Bertz CT molecular complexity index is 330. The Morgan fingerprint density at radius 1 is 0.704 bits per heavy atom. The third kappa shape index (κ3) is 14.1. The largest absolute Gasteiger partial charge is 0.480 e. The number of aliphatic hydroxyl groups is 2. The van der Waals surface area contributed by atoms with Gasteiger partial charge in [-0.3, -0.25) is 4.79 Å². The lowest BCUT2D eigenvalue weighted by atomic mass is 9.91. The first-order valence-electron chi connectivity index (χ1n) is 11.3. The third-order valence-electron chi connectivity index (χ3n) is 5.48. The minimum atomic E-state index is -1.19. The van der Waals surface area contributed by atoms with Gasteiger partial charge in [0.1, 0.15) is 5.54 Å². The van der Waals surface area contributed by atoms with E-state index in [2.05, 4.69) is 12.2 Å². The molecule has 0 aromatic heterocycles. The van der Waals surface area contributed by atoms with Crippen LogP contribution in [0.2, 0.25) is 0 Å². The van der Waals surface area contributed by atoms with Gasteiger partial charge in [0, 0.05) is 13.2 Å². The van der Waals surface area contributed by atoms with Gasteiger partial charge in [0.05, 0.1) is 0 Å².